The third kappa shape index (κ3) is 3.08. The molecule has 18 heavy (non-hydrogen) atoms. The molecule has 0 atom stereocenters. The van der Waals surface area contributed by atoms with Crippen LogP contribution in [-0.2, 0) is 6.42 Å². The molecule has 0 amide bonds. The number of rotatable bonds is 6. The van der Waals surface area contributed by atoms with E-state index in [2.05, 4.69) is 12.2 Å². The van der Waals surface area contributed by atoms with Gasteiger partial charge >= 0.3 is 0 Å². The molecular formula is C15H21F2N. The van der Waals surface area contributed by atoms with Crippen LogP contribution in [0.1, 0.15) is 38.2 Å². The van der Waals surface area contributed by atoms with E-state index in [1.165, 1.54) is 31.4 Å². The highest BCUT2D eigenvalue weighted by molar-refractivity contribution is 5.20. The fourth-order valence-corrected chi connectivity index (χ4v) is 2.71. The predicted octanol–water partition coefficient (Wildman–Crippen LogP) is 3.68. The monoisotopic (exact) mass is 253 g/mol. The minimum atomic E-state index is -0.759. The lowest BCUT2D eigenvalue weighted by Gasteiger charge is -2.42. The first-order valence-electron chi connectivity index (χ1n) is 6.80. The van der Waals surface area contributed by atoms with Crippen LogP contribution in [0.4, 0.5) is 8.78 Å². The second-order valence-electron chi connectivity index (χ2n) is 5.46. The molecule has 100 valence electrons. The molecule has 1 nitrogen and oxygen atoms in total. The normalized spacial score (nSPS) is 17.5. The Kier molecular flexibility index (Phi) is 4.33. The Morgan fingerprint density at radius 3 is 2.56 bits per heavy atom. The van der Waals surface area contributed by atoms with E-state index in [1.54, 1.807) is 6.07 Å². The highest BCUT2D eigenvalue weighted by atomic mass is 19.2. The van der Waals surface area contributed by atoms with E-state index in [0.717, 1.165) is 31.5 Å². The van der Waals surface area contributed by atoms with Gasteiger partial charge in [-0.25, -0.2) is 8.78 Å². The van der Waals surface area contributed by atoms with Crippen molar-refractivity contribution in [2.24, 2.45) is 5.41 Å². The Balaban J connectivity index is 1.98. The average molecular weight is 253 g/mol. The molecule has 1 N–H and O–H groups in total. The van der Waals surface area contributed by atoms with Crippen molar-refractivity contribution in [3.8, 4) is 0 Å². The fourth-order valence-electron chi connectivity index (χ4n) is 2.71. The number of halogens is 2. The molecule has 0 spiro atoms. The molecule has 0 aromatic heterocycles. The SMILES string of the molecule is CCCNCC1(Cc2ccc(F)c(F)c2)CCC1. The molecule has 2 rings (SSSR count). The molecule has 0 bridgehead atoms. The highest BCUT2D eigenvalue weighted by Gasteiger charge is 2.36. The van der Waals surface area contributed by atoms with Crippen LogP contribution in [0.3, 0.4) is 0 Å². The van der Waals surface area contributed by atoms with Crippen LogP contribution >= 0.6 is 0 Å². The van der Waals surface area contributed by atoms with Gasteiger partial charge in [0.05, 0.1) is 0 Å². The molecule has 1 aromatic rings. The van der Waals surface area contributed by atoms with Crippen LogP contribution in [0.2, 0.25) is 0 Å². The summed E-state index contributed by atoms with van der Waals surface area (Å²) < 4.78 is 26.1. The maximum atomic E-state index is 13.2. The van der Waals surface area contributed by atoms with E-state index in [4.69, 9.17) is 0 Å². The minimum absolute atomic E-state index is 0.263. The van der Waals surface area contributed by atoms with Gasteiger partial charge < -0.3 is 5.32 Å². The Morgan fingerprint density at radius 1 is 1.22 bits per heavy atom. The van der Waals surface area contributed by atoms with Crippen LogP contribution in [0.15, 0.2) is 18.2 Å². The van der Waals surface area contributed by atoms with Crippen molar-refractivity contribution in [1.29, 1.82) is 0 Å². The second-order valence-corrected chi connectivity index (χ2v) is 5.46. The molecular weight excluding hydrogens is 232 g/mol. The van der Waals surface area contributed by atoms with Crippen LogP contribution in [0.5, 0.6) is 0 Å². The molecule has 0 saturated heterocycles. The smallest absolute Gasteiger partial charge is 0.159 e. The highest BCUT2D eigenvalue weighted by Crippen LogP contribution is 2.43. The topological polar surface area (TPSA) is 12.0 Å². The average Bonchev–Trinajstić information content (AvgIpc) is 2.31. The van der Waals surface area contributed by atoms with Gasteiger partial charge in [0.25, 0.3) is 0 Å². The molecule has 3 heteroatoms. The van der Waals surface area contributed by atoms with Crippen LogP contribution in [-0.4, -0.2) is 13.1 Å². The van der Waals surface area contributed by atoms with E-state index in [0.29, 0.717) is 0 Å². The maximum Gasteiger partial charge on any atom is 0.159 e. The van der Waals surface area contributed by atoms with E-state index in [-0.39, 0.29) is 5.41 Å². The molecule has 1 aliphatic carbocycles. The first kappa shape index (κ1) is 13.5. The first-order valence-corrected chi connectivity index (χ1v) is 6.80. The summed E-state index contributed by atoms with van der Waals surface area (Å²) >= 11 is 0. The standard InChI is InChI=1S/C15H21F2N/c1-2-8-18-11-15(6-3-7-15)10-12-4-5-13(16)14(17)9-12/h4-5,9,18H,2-3,6-8,10-11H2,1H3. The van der Waals surface area contributed by atoms with Crippen molar-refractivity contribution in [2.75, 3.05) is 13.1 Å². The third-order valence-corrected chi connectivity index (χ3v) is 3.90. The maximum absolute atomic E-state index is 13.2. The van der Waals surface area contributed by atoms with Gasteiger partial charge in [-0.3, -0.25) is 0 Å². The van der Waals surface area contributed by atoms with Crippen molar-refractivity contribution < 1.29 is 8.78 Å². The summed E-state index contributed by atoms with van der Waals surface area (Å²) in [6.45, 7) is 4.16. The lowest BCUT2D eigenvalue weighted by Crippen LogP contribution is -2.41. The molecule has 0 unspecified atom stereocenters. The zero-order chi connectivity index (χ0) is 13.0. The van der Waals surface area contributed by atoms with Gasteiger partial charge in [-0.2, -0.15) is 0 Å². The Bertz CT molecular complexity index is 399. The van der Waals surface area contributed by atoms with Crippen molar-refractivity contribution >= 4 is 0 Å². The van der Waals surface area contributed by atoms with Crippen molar-refractivity contribution in [1.82, 2.24) is 5.32 Å². The Labute approximate surface area is 108 Å². The van der Waals surface area contributed by atoms with E-state index in [9.17, 15) is 8.78 Å². The van der Waals surface area contributed by atoms with Gasteiger partial charge in [0.15, 0.2) is 11.6 Å². The summed E-state index contributed by atoms with van der Waals surface area (Å²) in [4.78, 5) is 0. The summed E-state index contributed by atoms with van der Waals surface area (Å²) in [6, 6.07) is 4.28. The largest absolute Gasteiger partial charge is 0.316 e. The van der Waals surface area contributed by atoms with E-state index < -0.39 is 11.6 Å². The summed E-state index contributed by atoms with van der Waals surface area (Å²) in [6.07, 6.45) is 5.59. The molecule has 1 aromatic carbocycles. The van der Waals surface area contributed by atoms with Crippen molar-refractivity contribution in [2.45, 2.75) is 39.0 Å². The van der Waals surface area contributed by atoms with Crippen LogP contribution < -0.4 is 5.32 Å². The number of benzene rings is 1. The first-order chi connectivity index (χ1) is 8.65. The van der Waals surface area contributed by atoms with Gasteiger partial charge in [-0.15, -0.1) is 0 Å². The summed E-state index contributed by atoms with van der Waals surface area (Å²) in [5.74, 6) is -1.49. The van der Waals surface area contributed by atoms with Gasteiger partial charge in [0.1, 0.15) is 0 Å². The number of hydrogen-bond donors (Lipinski definition) is 1. The van der Waals surface area contributed by atoms with Gasteiger partial charge in [0.2, 0.25) is 0 Å². The predicted molar refractivity (Wildman–Crippen MR) is 69.5 cm³/mol. The minimum Gasteiger partial charge on any atom is -0.316 e. The Morgan fingerprint density at radius 2 is 2.00 bits per heavy atom. The molecule has 0 radical (unpaired) electrons. The molecule has 1 saturated carbocycles. The quantitative estimate of drug-likeness (QED) is 0.763. The third-order valence-electron chi connectivity index (χ3n) is 3.90. The number of nitrogens with one attached hydrogen (secondary N) is 1. The fraction of sp³-hybridized carbons (Fsp3) is 0.600. The molecule has 1 aliphatic rings. The molecule has 0 aliphatic heterocycles. The van der Waals surface area contributed by atoms with Crippen LogP contribution in [0, 0.1) is 17.0 Å². The van der Waals surface area contributed by atoms with Gasteiger partial charge in [-0.05, 0) is 55.3 Å². The summed E-state index contributed by atoms with van der Waals surface area (Å²) in [5.41, 5.74) is 1.17. The van der Waals surface area contributed by atoms with Crippen molar-refractivity contribution in [3.63, 3.8) is 0 Å². The summed E-state index contributed by atoms with van der Waals surface area (Å²) in [7, 11) is 0. The van der Waals surface area contributed by atoms with Gasteiger partial charge in [0, 0.05) is 6.54 Å². The van der Waals surface area contributed by atoms with Crippen molar-refractivity contribution in [3.05, 3.63) is 35.4 Å². The van der Waals surface area contributed by atoms with E-state index >= 15 is 0 Å². The molecule has 1 fully saturated rings. The summed E-state index contributed by atoms with van der Waals surface area (Å²) in [5, 5.41) is 3.46. The van der Waals surface area contributed by atoms with Gasteiger partial charge in [-0.1, -0.05) is 19.4 Å². The second kappa shape index (κ2) is 5.79. The number of hydrogen-bond acceptors (Lipinski definition) is 1. The lowest BCUT2D eigenvalue weighted by atomic mass is 9.65. The van der Waals surface area contributed by atoms with Crippen LogP contribution in [0.25, 0.3) is 0 Å². The Hall–Kier alpha value is -0.960. The van der Waals surface area contributed by atoms with E-state index in [1.807, 2.05) is 0 Å². The lowest BCUT2D eigenvalue weighted by molar-refractivity contribution is 0.130. The molecule has 0 heterocycles. The zero-order valence-corrected chi connectivity index (χ0v) is 10.9. The zero-order valence-electron chi connectivity index (χ0n) is 10.9.